The molecule has 0 aliphatic carbocycles. The molecule has 1 rings (SSSR count). The van der Waals surface area contributed by atoms with Crippen LogP contribution in [0.4, 0.5) is 0 Å². The van der Waals surface area contributed by atoms with Crippen LogP contribution in [0, 0.1) is 0 Å². The van der Waals surface area contributed by atoms with Crippen LogP contribution >= 0.6 is 33.3 Å². The molecule has 134 valence electrons. The topological polar surface area (TPSA) is 53.4 Å². The van der Waals surface area contributed by atoms with Gasteiger partial charge in [0.2, 0.25) is 5.91 Å². The lowest BCUT2D eigenvalue weighted by atomic mass is 10.2. The zero-order valence-corrected chi connectivity index (χ0v) is 17.2. The Labute approximate surface area is 157 Å². The molecule has 0 unspecified atom stereocenters. The van der Waals surface area contributed by atoms with Gasteiger partial charge in [0.15, 0.2) is 0 Å². The van der Waals surface area contributed by atoms with Gasteiger partial charge < -0.3 is 10.0 Å². The third-order valence-electron chi connectivity index (χ3n) is 3.35. The molecule has 1 aromatic heterocycles. The zero-order chi connectivity index (χ0) is 17.9. The average Bonchev–Trinajstić information content (AvgIpc) is 2.58. The summed E-state index contributed by atoms with van der Waals surface area (Å²) in [5.41, 5.74) is 1.95. The number of aliphatic hydroxyl groups excluding tert-OH is 1. The van der Waals surface area contributed by atoms with Crippen molar-refractivity contribution in [2.75, 3.05) is 18.6 Å². The first-order valence-corrected chi connectivity index (χ1v) is 11.5. The molecule has 0 aliphatic heterocycles. The molecule has 1 heterocycles. The average molecular weight is 387 g/mol. The Morgan fingerprint density at radius 1 is 1.38 bits per heavy atom. The number of aromatic nitrogens is 1. The quantitative estimate of drug-likeness (QED) is 0.361. The number of hydrogen-bond donors (Lipinski definition) is 1. The molecule has 1 N–H and O–H groups in total. The van der Waals surface area contributed by atoms with Crippen molar-refractivity contribution in [1.82, 2.24) is 9.88 Å². The number of thioether (sulfide) groups is 1. The summed E-state index contributed by atoms with van der Waals surface area (Å²) in [6.45, 7) is 6.27. The van der Waals surface area contributed by atoms with E-state index in [1.54, 1.807) is 51.4 Å². The summed E-state index contributed by atoms with van der Waals surface area (Å²) >= 11 is 1.58. The van der Waals surface area contributed by atoms with E-state index in [-0.39, 0.29) is 12.5 Å². The second-order valence-corrected chi connectivity index (χ2v) is 8.47. The first-order chi connectivity index (χ1) is 11.5. The smallest absolute Gasteiger partial charge is 0.223 e. The number of allylic oxidation sites excluding steroid dienone is 1. The molecule has 0 aromatic carbocycles. The maximum atomic E-state index is 12.2. The maximum absolute atomic E-state index is 12.2. The summed E-state index contributed by atoms with van der Waals surface area (Å²) in [4.78, 5) is 19.4. The van der Waals surface area contributed by atoms with Crippen LogP contribution in [0.1, 0.15) is 39.2 Å². The van der Waals surface area contributed by atoms with Crippen LogP contribution in [0.5, 0.6) is 0 Å². The van der Waals surface area contributed by atoms with E-state index in [0.29, 0.717) is 13.0 Å². The number of carbonyl (C=O) groups excluding carboxylic acids is 1. The molecule has 0 spiro atoms. The highest BCUT2D eigenvalue weighted by atomic mass is 33.1. The lowest BCUT2D eigenvalue weighted by molar-refractivity contribution is -0.127. The van der Waals surface area contributed by atoms with Crippen LogP contribution in [-0.4, -0.2) is 39.5 Å². The Hall–Kier alpha value is -0.630. The number of nitrogens with zero attached hydrogens (tertiary/aromatic N) is 2. The van der Waals surface area contributed by atoms with Crippen LogP contribution < -0.4 is 0 Å². The Kier molecular flexibility index (Phi) is 10.6. The van der Waals surface area contributed by atoms with E-state index in [9.17, 15) is 9.90 Å². The van der Waals surface area contributed by atoms with Crippen LogP contribution in [0.25, 0.3) is 0 Å². The van der Waals surface area contributed by atoms with Gasteiger partial charge in [-0.25, -0.2) is 4.98 Å². The highest BCUT2D eigenvalue weighted by molar-refractivity contribution is 8.78. The SMILES string of the molecule is CCCSS/C(CCO)=C(/C)N(Cc1cccnc1SC)C(C)=O. The Morgan fingerprint density at radius 2 is 2.12 bits per heavy atom. The van der Waals surface area contributed by atoms with Crippen molar-refractivity contribution in [1.29, 1.82) is 0 Å². The molecule has 0 saturated carbocycles. The van der Waals surface area contributed by atoms with Gasteiger partial charge in [0.1, 0.15) is 5.03 Å². The molecule has 0 aliphatic rings. The Balaban J connectivity index is 3.06. The largest absolute Gasteiger partial charge is 0.396 e. The van der Waals surface area contributed by atoms with Gasteiger partial charge in [0, 0.05) is 48.1 Å². The minimum absolute atomic E-state index is 0.0000579. The Morgan fingerprint density at radius 3 is 2.71 bits per heavy atom. The van der Waals surface area contributed by atoms with E-state index in [0.717, 1.165) is 33.4 Å². The van der Waals surface area contributed by atoms with Crippen LogP contribution in [0.15, 0.2) is 34.0 Å². The van der Waals surface area contributed by atoms with Crippen molar-refractivity contribution in [3.63, 3.8) is 0 Å². The van der Waals surface area contributed by atoms with E-state index >= 15 is 0 Å². The van der Waals surface area contributed by atoms with Crippen molar-refractivity contribution in [3.05, 3.63) is 34.5 Å². The van der Waals surface area contributed by atoms with Gasteiger partial charge >= 0.3 is 0 Å². The number of amides is 1. The number of aliphatic hydroxyl groups is 1. The summed E-state index contributed by atoms with van der Waals surface area (Å²) in [6, 6.07) is 3.90. The van der Waals surface area contributed by atoms with E-state index < -0.39 is 0 Å². The molecular weight excluding hydrogens is 360 g/mol. The normalized spacial score (nSPS) is 12.0. The summed E-state index contributed by atoms with van der Waals surface area (Å²) < 4.78 is 0. The third-order valence-corrected chi connectivity index (χ3v) is 6.95. The van der Waals surface area contributed by atoms with E-state index in [1.807, 2.05) is 25.3 Å². The van der Waals surface area contributed by atoms with E-state index in [4.69, 9.17) is 0 Å². The van der Waals surface area contributed by atoms with Crippen LogP contribution in [0.3, 0.4) is 0 Å². The molecule has 0 radical (unpaired) electrons. The molecule has 24 heavy (non-hydrogen) atoms. The van der Waals surface area contributed by atoms with Gasteiger partial charge in [-0.3, -0.25) is 4.79 Å². The molecule has 0 atom stereocenters. The monoisotopic (exact) mass is 386 g/mol. The summed E-state index contributed by atoms with van der Waals surface area (Å²) in [6.07, 6.45) is 5.43. The van der Waals surface area contributed by atoms with Crippen LogP contribution in [0.2, 0.25) is 0 Å². The van der Waals surface area contributed by atoms with Gasteiger partial charge in [-0.1, -0.05) is 34.6 Å². The van der Waals surface area contributed by atoms with Crippen molar-refractivity contribution >= 4 is 39.3 Å². The molecular formula is C17H26N2O2S3. The molecule has 0 saturated heterocycles. The zero-order valence-electron chi connectivity index (χ0n) is 14.7. The van der Waals surface area contributed by atoms with Gasteiger partial charge in [0.05, 0.1) is 6.54 Å². The summed E-state index contributed by atoms with van der Waals surface area (Å²) in [5.74, 6) is 1.05. The van der Waals surface area contributed by atoms with E-state index in [1.165, 1.54) is 0 Å². The maximum Gasteiger partial charge on any atom is 0.223 e. The number of hydrogen-bond acceptors (Lipinski definition) is 6. The van der Waals surface area contributed by atoms with E-state index in [2.05, 4.69) is 11.9 Å². The lowest BCUT2D eigenvalue weighted by Crippen LogP contribution is -2.27. The first-order valence-electron chi connectivity index (χ1n) is 7.91. The van der Waals surface area contributed by atoms with Crippen LogP contribution in [-0.2, 0) is 11.3 Å². The van der Waals surface area contributed by atoms with Gasteiger partial charge in [-0.05, 0) is 25.7 Å². The third kappa shape index (κ3) is 6.70. The fraction of sp³-hybridized carbons (Fsp3) is 0.529. The molecule has 4 nitrogen and oxygen atoms in total. The minimum Gasteiger partial charge on any atom is -0.396 e. The first kappa shape index (κ1) is 21.4. The fourth-order valence-corrected chi connectivity index (χ4v) is 5.24. The fourth-order valence-electron chi connectivity index (χ4n) is 2.10. The predicted octanol–water partition coefficient (Wildman–Crippen LogP) is 4.56. The molecule has 0 bridgehead atoms. The number of pyridine rings is 1. The molecule has 1 amide bonds. The van der Waals surface area contributed by atoms with Gasteiger partial charge in [-0.15, -0.1) is 11.8 Å². The lowest BCUT2D eigenvalue weighted by Gasteiger charge is -2.25. The van der Waals surface area contributed by atoms with Gasteiger partial charge in [-0.2, -0.15) is 0 Å². The highest BCUT2D eigenvalue weighted by Crippen LogP contribution is 2.36. The summed E-state index contributed by atoms with van der Waals surface area (Å²) in [5, 5.41) is 10.3. The van der Waals surface area contributed by atoms with Gasteiger partial charge in [0.25, 0.3) is 0 Å². The number of rotatable bonds is 10. The number of carbonyl (C=O) groups is 1. The highest BCUT2D eigenvalue weighted by Gasteiger charge is 2.17. The second-order valence-electron chi connectivity index (χ2n) is 5.16. The predicted molar refractivity (Wildman–Crippen MR) is 107 cm³/mol. The van der Waals surface area contributed by atoms with Crippen molar-refractivity contribution in [3.8, 4) is 0 Å². The summed E-state index contributed by atoms with van der Waals surface area (Å²) in [7, 11) is 3.43. The van der Waals surface area contributed by atoms with Crippen molar-refractivity contribution in [2.45, 2.75) is 45.2 Å². The van der Waals surface area contributed by atoms with Crippen molar-refractivity contribution < 1.29 is 9.90 Å². The van der Waals surface area contributed by atoms with Crippen molar-refractivity contribution in [2.24, 2.45) is 0 Å². The Bertz CT molecular complexity index is 565. The second kappa shape index (κ2) is 11.8. The molecule has 7 heteroatoms. The minimum atomic E-state index is -0.0000579. The molecule has 1 aromatic rings. The molecule has 0 fully saturated rings. The standard InChI is InChI=1S/C17H26N2O2S3/c1-5-11-23-24-16(8-10-20)13(2)19(14(3)21)12-15-7-6-9-18-17(15)22-4/h6-7,9,20H,5,8,10-12H2,1-4H3/b16-13-.